The van der Waals surface area contributed by atoms with E-state index in [9.17, 15) is 5.11 Å². The molecule has 1 fully saturated rings. The molecule has 4 heteroatoms. The predicted octanol–water partition coefficient (Wildman–Crippen LogP) is 1.54. The van der Waals surface area contributed by atoms with Gasteiger partial charge in [-0.25, -0.2) is 4.98 Å². The second kappa shape index (κ2) is 4.71. The topological polar surface area (TPSA) is 40.8 Å². The largest absolute Gasteiger partial charge is 0.393 e. The molecule has 2 aromatic rings. The number of aliphatic hydroxyl groups excluding tert-OH is 1. The number of aromatic nitrogens is 2. The number of hydrogen-bond donors (Lipinski definition) is 1. The molecule has 0 radical (unpaired) electrons. The summed E-state index contributed by atoms with van der Waals surface area (Å²) in [5.41, 5.74) is 2.10. The highest BCUT2D eigenvalue weighted by atomic mass is 16.3. The molecule has 0 spiro atoms. The quantitative estimate of drug-likeness (QED) is 0.872. The maximum atomic E-state index is 9.73. The zero-order valence-corrected chi connectivity index (χ0v) is 10.7. The number of fused-ring (bicyclic) bond motifs is 1. The molecule has 0 aliphatic carbocycles. The van der Waals surface area contributed by atoms with Gasteiger partial charge in [0.05, 0.1) is 11.8 Å². The van der Waals surface area contributed by atoms with E-state index in [4.69, 9.17) is 0 Å². The molecule has 2 atom stereocenters. The van der Waals surface area contributed by atoms with Gasteiger partial charge in [-0.2, -0.15) is 0 Å². The van der Waals surface area contributed by atoms with Crippen LogP contribution in [-0.2, 0) is 6.54 Å². The Morgan fingerprint density at radius 2 is 2.33 bits per heavy atom. The van der Waals surface area contributed by atoms with E-state index in [1.165, 1.54) is 0 Å². The molecule has 2 aromatic heterocycles. The fraction of sp³-hybridized carbons (Fsp3) is 0.500. The van der Waals surface area contributed by atoms with Gasteiger partial charge in [0, 0.05) is 32.0 Å². The number of rotatable bonds is 2. The summed E-state index contributed by atoms with van der Waals surface area (Å²) in [6.45, 7) is 4.90. The first-order valence-corrected chi connectivity index (χ1v) is 6.55. The smallest absolute Gasteiger partial charge is 0.137 e. The first-order chi connectivity index (χ1) is 8.72. The average molecular weight is 245 g/mol. The Morgan fingerprint density at radius 1 is 1.44 bits per heavy atom. The van der Waals surface area contributed by atoms with E-state index in [0.717, 1.165) is 37.4 Å². The summed E-state index contributed by atoms with van der Waals surface area (Å²) in [5, 5.41) is 9.73. The van der Waals surface area contributed by atoms with Gasteiger partial charge in [-0.3, -0.25) is 4.90 Å². The molecule has 1 N–H and O–H groups in total. The molecule has 3 heterocycles. The van der Waals surface area contributed by atoms with E-state index >= 15 is 0 Å². The van der Waals surface area contributed by atoms with Crippen molar-refractivity contribution in [1.82, 2.24) is 14.3 Å². The monoisotopic (exact) mass is 245 g/mol. The summed E-state index contributed by atoms with van der Waals surface area (Å²) in [4.78, 5) is 6.98. The normalized spacial score (nSPS) is 25.7. The molecule has 0 amide bonds. The van der Waals surface area contributed by atoms with Crippen LogP contribution >= 0.6 is 0 Å². The van der Waals surface area contributed by atoms with Gasteiger partial charge >= 0.3 is 0 Å². The van der Waals surface area contributed by atoms with Crippen molar-refractivity contribution in [1.29, 1.82) is 0 Å². The van der Waals surface area contributed by atoms with Gasteiger partial charge in [0.25, 0.3) is 0 Å². The molecule has 0 bridgehead atoms. The lowest BCUT2D eigenvalue weighted by Crippen LogP contribution is -2.41. The number of pyridine rings is 1. The van der Waals surface area contributed by atoms with Crippen LogP contribution in [0.15, 0.2) is 30.6 Å². The maximum Gasteiger partial charge on any atom is 0.137 e. The third-order valence-corrected chi connectivity index (χ3v) is 3.74. The highest BCUT2D eigenvalue weighted by Crippen LogP contribution is 2.18. The van der Waals surface area contributed by atoms with Crippen molar-refractivity contribution < 1.29 is 5.11 Å². The summed E-state index contributed by atoms with van der Waals surface area (Å²) in [6, 6.07) is 6.04. The van der Waals surface area contributed by atoms with Crippen LogP contribution in [0.5, 0.6) is 0 Å². The van der Waals surface area contributed by atoms with E-state index in [1.54, 1.807) is 0 Å². The van der Waals surface area contributed by atoms with Crippen molar-refractivity contribution in [2.45, 2.75) is 26.0 Å². The van der Waals surface area contributed by atoms with Gasteiger partial charge in [-0.15, -0.1) is 0 Å². The van der Waals surface area contributed by atoms with Gasteiger partial charge < -0.3 is 9.51 Å². The van der Waals surface area contributed by atoms with E-state index < -0.39 is 0 Å². The standard InChI is InChI=1S/C14H19N3O/c1-11-8-16(7-5-13(11)18)9-12-10-17-6-3-2-4-14(17)15-12/h2-4,6,10-11,13,18H,5,7-9H2,1H3. The van der Waals surface area contributed by atoms with Crippen molar-refractivity contribution in [3.05, 3.63) is 36.3 Å². The maximum absolute atomic E-state index is 9.73. The average Bonchev–Trinajstić information content (AvgIpc) is 2.76. The molecule has 96 valence electrons. The summed E-state index contributed by atoms with van der Waals surface area (Å²) in [7, 11) is 0. The zero-order chi connectivity index (χ0) is 12.5. The van der Waals surface area contributed by atoms with Gasteiger partial charge in [0.15, 0.2) is 0 Å². The predicted molar refractivity (Wildman–Crippen MR) is 70.3 cm³/mol. The molecule has 3 rings (SSSR count). The Labute approximate surface area is 107 Å². The van der Waals surface area contributed by atoms with Crippen LogP contribution in [0.2, 0.25) is 0 Å². The number of aliphatic hydroxyl groups is 1. The second-order valence-electron chi connectivity index (χ2n) is 5.27. The van der Waals surface area contributed by atoms with E-state index in [1.807, 2.05) is 24.4 Å². The Balaban J connectivity index is 1.72. The Kier molecular flexibility index (Phi) is 3.06. The molecule has 4 nitrogen and oxygen atoms in total. The summed E-state index contributed by atoms with van der Waals surface area (Å²) in [5.74, 6) is 0.357. The first kappa shape index (κ1) is 11.7. The first-order valence-electron chi connectivity index (χ1n) is 6.55. The molecule has 0 aromatic carbocycles. The molecule has 1 saturated heterocycles. The molecule has 2 unspecified atom stereocenters. The van der Waals surface area contributed by atoms with E-state index in [0.29, 0.717) is 5.92 Å². The molecule has 1 aliphatic heterocycles. The Morgan fingerprint density at radius 3 is 3.11 bits per heavy atom. The Hall–Kier alpha value is -1.39. The van der Waals surface area contributed by atoms with Gasteiger partial charge in [0.2, 0.25) is 0 Å². The number of hydrogen-bond acceptors (Lipinski definition) is 3. The zero-order valence-electron chi connectivity index (χ0n) is 10.7. The van der Waals surface area contributed by atoms with Crippen LogP contribution in [0.1, 0.15) is 19.0 Å². The molecule has 18 heavy (non-hydrogen) atoms. The Bertz CT molecular complexity index is 504. The van der Waals surface area contributed by atoms with Crippen LogP contribution in [0, 0.1) is 5.92 Å². The highest BCUT2D eigenvalue weighted by Gasteiger charge is 2.24. The van der Waals surface area contributed by atoms with Crippen LogP contribution < -0.4 is 0 Å². The third-order valence-electron chi connectivity index (χ3n) is 3.74. The number of imidazole rings is 1. The van der Waals surface area contributed by atoms with Crippen molar-refractivity contribution in [2.75, 3.05) is 13.1 Å². The minimum atomic E-state index is -0.137. The second-order valence-corrected chi connectivity index (χ2v) is 5.27. The molecule has 0 saturated carbocycles. The van der Waals surface area contributed by atoms with Crippen LogP contribution in [0.4, 0.5) is 0 Å². The fourth-order valence-electron chi connectivity index (χ4n) is 2.66. The van der Waals surface area contributed by atoms with Crippen molar-refractivity contribution in [3.63, 3.8) is 0 Å². The summed E-state index contributed by atoms with van der Waals surface area (Å²) < 4.78 is 2.05. The van der Waals surface area contributed by atoms with Crippen molar-refractivity contribution in [2.24, 2.45) is 5.92 Å². The van der Waals surface area contributed by atoms with E-state index in [-0.39, 0.29) is 6.10 Å². The SMILES string of the molecule is CC1CN(Cc2cn3ccccc3n2)CCC1O. The number of piperidine rings is 1. The lowest BCUT2D eigenvalue weighted by Gasteiger charge is -2.33. The fourth-order valence-corrected chi connectivity index (χ4v) is 2.66. The lowest BCUT2D eigenvalue weighted by molar-refractivity contribution is 0.0316. The molecular weight excluding hydrogens is 226 g/mol. The summed E-state index contributed by atoms with van der Waals surface area (Å²) >= 11 is 0. The third kappa shape index (κ3) is 2.26. The van der Waals surface area contributed by atoms with Crippen LogP contribution in [-0.4, -0.2) is 38.6 Å². The van der Waals surface area contributed by atoms with Gasteiger partial charge in [-0.05, 0) is 24.5 Å². The summed E-state index contributed by atoms with van der Waals surface area (Å²) in [6.07, 6.45) is 4.84. The minimum absolute atomic E-state index is 0.137. The van der Waals surface area contributed by atoms with E-state index in [2.05, 4.69) is 27.4 Å². The van der Waals surface area contributed by atoms with Crippen molar-refractivity contribution in [3.8, 4) is 0 Å². The molecule has 1 aliphatic rings. The van der Waals surface area contributed by atoms with Crippen molar-refractivity contribution >= 4 is 5.65 Å². The van der Waals surface area contributed by atoms with Crippen LogP contribution in [0.3, 0.4) is 0 Å². The minimum Gasteiger partial charge on any atom is -0.393 e. The van der Waals surface area contributed by atoms with Crippen LogP contribution in [0.25, 0.3) is 5.65 Å². The highest BCUT2D eigenvalue weighted by molar-refractivity contribution is 5.39. The molecular formula is C14H19N3O. The van der Waals surface area contributed by atoms with Gasteiger partial charge in [0.1, 0.15) is 5.65 Å². The lowest BCUT2D eigenvalue weighted by atomic mass is 9.97. The van der Waals surface area contributed by atoms with Gasteiger partial charge in [-0.1, -0.05) is 13.0 Å². The number of likely N-dealkylation sites (tertiary alicyclic amines) is 1. The number of nitrogens with zero attached hydrogens (tertiary/aromatic N) is 3.